The highest BCUT2D eigenvalue weighted by Crippen LogP contribution is 2.29. The third-order valence-corrected chi connectivity index (χ3v) is 5.27. The van der Waals surface area contributed by atoms with Gasteiger partial charge in [-0.25, -0.2) is 4.98 Å². The van der Waals surface area contributed by atoms with Crippen molar-refractivity contribution in [3.8, 4) is 0 Å². The maximum Gasteiger partial charge on any atom is 0.107 e. The first-order valence-electron chi connectivity index (χ1n) is 10.8. The van der Waals surface area contributed by atoms with Gasteiger partial charge in [-0.3, -0.25) is 0 Å². The Kier molecular flexibility index (Phi) is 11.2. The van der Waals surface area contributed by atoms with E-state index in [0.29, 0.717) is 0 Å². The summed E-state index contributed by atoms with van der Waals surface area (Å²) in [6.07, 6.45) is 14.8. The first-order valence-corrected chi connectivity index (χ1v) is 10.8. The molecule has 0 amide bonds. The van der Waals surface area contributed by atoms with Crippen LogP contribution in [0.4, 0.5) is 0 Å². The first-order chi connectivity index (χ1) is 12.2. The van der Waals surface area contributed by atoms with E-state index < -0.39 is 0 Å². The predicted octanol–water partition coefficient (Wildman–Crippen LogP) is 7.51. The fourth-order valence-electron chi connectivity index (χ4n) is 3.72. The molecule has 0 bridgehead atoms. The lowest BCUT2D eigenvalue weighted by Gasteiger charge is -2.16. The highest BCUT2D eigenvalue weighted by Gasteiger charge is 2.16. The van der Waals surface area contributed by atoms with Gasteiger partial charge in [-0.2, -0.15) is 0 Å². The third-order valence-electron chi connectivity index (χ3n) is 5.27. The Bertz CT molecular complexity index is 645. The molecule has 0 spiro atoms. The van der Waals surface area contributed by atoms with Crippen molar-refractivity contribution >= 4 is 28.0 Å². The molecule has 0 atom stereocenters. The number of unbranched alkanes of at least 4 members (excludes halogenated alkanes) is 4. The van der Waals surface area contributed by atoms with Gasteiger partial charge < -0.3 is 4.98 Å². The Morgan fingerprint density at radius 3 is 1.88 bits per heavy atom. The molecule has 1 aromatic heterocycles. The lowest BCUT2D eigenvalue weighted by Crippen LogP contribution is -2.03. The predicted molar refractivity (Wildman–Crippen MR) is 121 cm³/mol. The van der Waals surface area contributed by atoms with Crippen LogP contribution in [0.25, 0.3) is 11.0 Å². The van der Waals surface area contributed by atoms with Crippen LogP contribution in [0.2, 0.25) is 0 Å². The van der Waals surface area contributed by atoms with Crippen molar-refractivity contribution in [3.63, 3.8) is 0 Å². The van der Waals surface area contributed by atoms with E-state index in [1.807, 2.05) is 0 Å². The lowest BCUT2D eigenvalue weighted by molar-refractivity contribution is 0.737. The van der Waals surface area contributed by atoms with E-state index in [9.17, 15) is 0 Å². The summed E-state index contributed by atoms with van der Waals surface area (Å²) in [7, 11) is 0. The zero-order chi connectivity index (χ0) is 18.1. The minimum absolute atomic E-state index is 0. The SMILES string of the molecule is Br.CCCCc1nc2cc(CCCC)c(CCCC)c(CCCC)c2[nH]1. The fraction of sp³-hybridized carbons (Fsp3) is 0.696. The first kappa shape index (κ1) is 23.2. The van der Waals surface area contributed by atoms with Gasteiger partial charge in [0.25, 0.3) is 0 Å². The second kappa shape index (κ2) is 12.5. The molecule has 2 aromatic rings. The molecule has 26 heavy (non-hydrogen) atoms. The zero-order valence-corrected chi connectivity index (χ0v) is 19.1. The van der Waals surface area contributed by atoms with Crippen molar-refractivity contribution in [1.29, 1.82) is 0 Å². The molecule has 3 heteroatoms. The maximum absolute atomic E-state index is 4.95. The molecule has 0 fully saturated rings. The second-order valence-electron chi connectivity index (χ2n) is 7.48. The van der Waals surface area contributed by atoms with E-state index in [-0.39, 0.29) is 17.0 Å². The minimum Gasteiger partial charge on any atom is -0.342 e. The average Bonchev–Trinajstić information content (AvgIpc) is 3.03. The number of hydrogen-bond donors (Lipinski definition) is 1. The van der Waals surface area contributed by atoms with Crippen molar-refractivity contribution in [2.45, 2.75) is 105 Å². The molecule has 0 saturated carbocycles. The van der Waals surface area contributed by atoms with Crippen LogP contribution in [0.15, 0.2) is 6.07 Å². The van der Waals surface area contributed by atoms with Crippen molar-refractivity contribution in [2.24, 2.45) is 0 Å². The van der Waals surface area contributed by atoms with Crippen molar-refractivity contribution in [3.05, 3.63) is 28.6 Å². The molecule has 2 nitrogen and oxygen atoms in total. The summed E-state index contributed by atoms with van der Waals surface area (Å²) in [5.41, 5.74) is 7.34. The molecular weight excluding hydrogens is 384 g/mol. The topological polar surface area (TPSA) is 28.7 Å². The molecule has 0 radical (unpaired) electrons. The van der Waals surface area contributed by atoms with E-state index in [4.69, 9.17) is 4.98 Å². The Hall–Kier alpha value is -0.830. The molecular formula is C23H39BrN2. The third kappa shape index (κ3) is 6.11. The van der Waals surface area contributed by atoms with Crippen LogP contribution < -0.4 is 0 Å². The molecule has 148 valence electrons. The Balaban J connectivity index is 0.00000338. The number of halogens is 1. The number of fused-ring (bicyclic) bond motifs is 1. The van der Waals surface area contributed by atoms with Crippen LogP contribution in [0.1, 0.15) is 102 Å². The standard InChI is InChI=1S/C23H38N2.BrH/c1-5-9-13-18-17-21-23(25-22(24-21)16-12-8-4)20(15-11-7-3)19(18)14-10-6-2;/h17H,5-16H2,1-4H3,(H,24,25);1H. The summed E-state index contributed by atoms with van der Waals surface area (Å²) in [6.45, 7) is 9.14. The number of rotatable bonds is 12. The van der Waals surface area contributed by atoms with Crippen LogP contribution >= 0.6 is 17.0 Å². The second-order valence-corrected chi connectivity index (χ2v) is 7.48. The Morgan fingerprint density at radius 1 is 0.731 bits per heavy atom. The number of aryl methyl sites for hydroxylation is 3. The number of H-pyrrole nitrogens is 1. The van der Waals surface area contributed by atoms with Crippen molar-refractivity contribution in [2.75, 3.05) is 0 Å². The molecule has 0 saturated heterocycles. The van der Waals surface area contributed by atoms with E-state index in [2.05, 4.69) is 38.7 Å². The molecule has 1 heterocycles. The van der Waals surface area contributed by atoms with Gasteiger partial charge >= 0.3 is 0 Å². The minimum atomic E-state index is 0. The number of nitrogens with zero attached hydrogens (tertiary/aromatic N) is 1. The molecule has 0 unspecified atom stereocenters. The Labute approximate surface area is 171 Å². The van der Waals surface area contributed by atoms with Crippen LogP contribution in [-0.4, -0.2) is 9.97 Å². The van der Waals surface area contributed by atoms with Gasteiger partial charge in [0.15, 0.2) is 0 Å². The quantitative estimate of drug-likeness (QED) is 0.376. The van der Waals surface area contributed by atoms with Gasteiger partial charge in [-0.05, 0) is 67.7 Å². The van der Waals surface area contributed by atoms with Gasteiger partial charge in [0.05, 0.1) is 11.0 Å². The zero-order valence-electron chi connectivity index (χ0n) is 17.4. The van der Waals surface area contributed by atoms with E-state index in [0.717, 1.165) is 6.42 Å². The maximum atomic E-state index is 4.95. The van der Waals surface area contributed by atoms with Crippen molar-refractivity contribution in [1.82, 2.24) is 9.97 Å². The van der Waals surface area contributed by atoms with Crippen LogP contribution in [0, 0.1) is 0 Å². The smallest absolute Gasteiger partial charge is 0.107 e. The van der Waals surface area contributed by atoms with Crippen LogP contribution in [-0.2, 0) is 25.7 Å². The van der Waals surface area contributed by atoms with E-state index in [1.54, 1.807) is 16.7 Å². The molecule has 0 aliphatic heterocycles. The number of imidazole rings is 1. The molecule has 1 N–H and O–H groups in total. The Morgan fingerprint density at radius 2 is 1.27 bits per heavy atom. The highest BCUT2D eigenvalue weighted by atomic mass is 79.9. The molecule has 0 aliphatic rings. The summed E-state index contributed by atoms with van der Waals surface area (Å²) in [6, 6.07) is 2.40. The number of aromatic amines is 1. The monoisotopic (exact) mass is 422 g/mol. The number of hydrogen-bond acceptors (Lipinski definition) is 1. The van der Waals surface area contributed by atoms with E-state index >= 15 is 0 Å². The molecule has 0 aliphatic carbocycles. The van der Waals surface area contributed by atoms with Gasteiger partial charge in [0, 0.05) is 6.42 Å². The van der Waals surface area contributed by atoms with Gasteiger partial charge in [-0.15, -0.1) is 17.0 Å². The van der Waals surface area contributed by atoms with Gasteiger partial charge in [0.2, 0.25) is 0 Å². The average molecular weight is 423 g/mol. The van der Waals surface area contributed by atoms with E-state index in [1.165, 1.54) is 87.5 Å². The van der Waals surface area contributed by atoms with Crippen LogP contribution in [0.3, 0.4) is 0 Å². The van der Waals surface area contributed by atoms with Crippen molar-refractivity contribution < 1.29 is 0 Å². The summed E-state index contributed by atoms with van der Waals surface area (Å²) in [5.74, 6) is 1.18. The summed E-state index contributed by atoms with van der Waals surface area (Å²) in [5, 5.41) is 0. The largest absolute Gasteiger partial charge is 0.342 e. The normalized spacial score (nSPS) is 11.1. The van der Waals surface area contributed by atoms with Crippen LogP contribution in [0.5, 0.6) is 0 Å². The fourth-order valence-corrected chi connectivity index (χ4v) is 3.72. The number of nitrogens with one attached hydrogen (secondary N) is 1. The summed E-state index contributed by atoms with van der Waals surface area (Å²) in [4.78, 5) is 8.65. The highest BCUT2D eigenvalue weighted by molar-refractivity contribution is 8.93. The summed E-state index contributed by atoms with van der Waals surface area (Å²) >= 11 is 0. The molecule has 1 aromatic carbocycles. The van der Waals surface area contributed by atoms with Gasteiger partial charge in [-0.1, -0.05) is 53.4 Å². The molecule has 2 rings (SSSR count). The van der Waals surface area contributed by atoms with Gasteiger partial charge in [0.1, 0.15) is 5.82 Å². The number of benzene rings is 1. The lowest BCUT2D eigenvalue weighted by atomic mass is 9.90. The number of aromatic nitrogens is 2. The summed E-state index contributed by atoms with van der Waals surface area (Å²) < 4.78 is 0.